The Morgan fingerprint density at radius 2 is 1.47 bits per heavy atom. The van der Waals surface area contributed by atoms with E-state index in [4.69, 9.17) is 11.5 Å². The molecule has 0 bridgehead atoms. The molecule has 240 valence electrons. The maximum Gasteiger partial charge on any atom is 0.251 e. The van der Waals surface area contributed by atoms with Crippen molar-refractivity contribution in [2.75, 3.05) is 27.2 Å². The minimum atomic E-state index is -0.950. The van der Waals surface area contributed by atoms with Crippen molar-refractivity contribution in [1.82, 2.24) is 16.0 Å². The molecule has 0 aliphatic heterocycles. The smallest absolute Gasteiger partial charge is 0.251 e. The number of fused-ring (bicyclic) bond motifs is 1. The van der Waals surface area contributed by atoms with Crippen molar-refractivity contribution in [3.63, 3.8) is 0 Å². The van der Waals surface area contributed by atoms with Gasteiger partial charge >= 0.3 is 0 Å². The van der Waals surface area contributed by atoms with E-state index in [1.807, 2.05) is 73.8 Å². The van der Waals surface area contributed by atoms with Gasteiger partial charge in [-0.2, -0.15) is 0 Å². The predicted molar refractivity (Wildman–Crippen MR) is 184 cm³/mol. The zero-order valence-electron chi connectivity index (χ0n) is 26.5. The molecule has 0 aliphatic rings. The normalized spacial score (nSPS) is 12.8. The summed E-state index contributed by atoms with van der Waals surface area (Å²) in [4.78, 5) is 26.0. The number of carbonyl (C=O) groups is 2. The van der Waals surface area contributed by atoms with Gasteiger partial charge in [0.05, 0.1) is 12.1 Å². The molecule has 0 saturated heterocycles. The number of benzene rings is 4. The molecule has 4 aromatic carbocycles. The summed E-state index contributed by atoms with van der Waals surface area (Å²) in [6.07, 6.45) is 2.51. The molecule has 0 radical (unpaired) electrons. The summed E-state index contributed by atoms with van der Waals surface area (Å²) in [7, 11) is 3.56. The van der Waals surface area contributed by atoms with Crippen LogP contribution in [0.3, 0.4) is 0 Å². The van der Waals surface area contributed by atoms with Crippen molar-refractivity contribution in [2.45, 2.75) is 50.8 Å². The first-order valence-electron chi connectivity index (χ1n) is 15.7. The Labute approximate surface area is 267 Å². The van der Waals surface area contributed by atoms with Crippen LogP contribution in [-0.4, -0.2) is 56.3 Å². The molecule has 0 fully saturated rings. The summed E-state index contributed by atoms with van der Waals surface area (Å²) >= 11 is 0. The number of hydrogen-bond acceptors (Lipinski definition) is 6. The molecule has 0 aliphatic carbocycles. The van der Waals surface area contributed by atoms with Crippen molar-refractivity contribution in [3.8, 4) is 0 Å². The molecule has 4 rings (SSSR count). The number of hydrogen-bond donors (Lipinski definition) is 6. The lowest BCUT2D eigenvalue weighted by Crippen LogP contribution is -2.46. The first-order valence-corrected chi connectivity index (χ1v) is 15.7. The Morgan fingerprint density at radius 3 is 2.16 bits per heavy atom. The molecular formula is C37H49N5O3. The molecule has 8 nitrogen and oxygen atoms in total. The topological polar surface area (TPSA) is 142 Å². The highest BCUT2D eigenvalue weighted by atomic mass is 16.3. The SMILES string of the molecule is CNC(=O)C(Cc1ccccc1)CC(O)[C@@H](Cc1ccc2ccccc2c1)NC(=O)c1cccc(CN)c1.CNCCCCN. The minimum absolute atomic E-state index is 0.140. The van der Waals surface area contributed by atoms with Crippen LogP contribution in [0, 0.1) is 5.92 Å². The van der Waals surface area contributed by atoms with E-state index in [0.717, 1.165) is 47.0 Å². The lowest BCUT2D eigenvalue weighted by molar-refractivity contribution is -0.125. The summed E-state index contributed by atoms with van der Waals surface area (Å²) in [5, 5.41) is 22.5. The monoisotopic (exact) mass is 611 g/mol. The average Bonchev–Trinajstić information content (AvgIpc) is 3.08. The summed E-state index contributed by atoms with van der Waals surface area (Å²) in [6.45, 7) is 2.25. The van der Waals surface area contributed by atoms with Crippen LogP contribution in [0.25, 0.3) is 10.8 Å². The second-order valence-electron chi connectivity index (χ2n) is 11.3. The van der Waals surface area contributed by atoms with Crippen molar-refractivity contribution in [3.05, 3.63) is 119 Å². The van der Waals surface area contributed by atoms with Crippen LogP contribution in [0.4, 0.5) is 0 Å². The van der Waals surface area contributed by atoms with E-state index in [1.54, 1.807) is 25.2 Å². The molecule has 0 saturated carbocycles. The van der Waals surface area contributed by atoms with Gasteiger partial charge in [-0.3, -0.25) is 9.59 Å². The highest BCUT2D eigenvalue weighted by Crippen LogP contribution is 2.21. The number of nitrogens with two attached hydrogens (primary N) is 2. The van der Waals surface area contributed by atoms with Gasteiger partial charge < -0.3 is 32.5 Å². The van der Waals surface area contributed by atoms with Gasteiger partial charge in [-0.1, -0.05) is 84.9 Å². The maximum absolute atomic E-state index is 13.3. The van der Waals surface area contributed by atoms with Crippen LogP contribution in [0.1, 0.15) is 46.3 Å². The molecule has 2 unspecified atom stereocenters. The van der Waals surface area contributed by atoms with Gasteiger partial charge in [-0.05, 0) is 91.8 Å². The van der Waals surface area contributed by atoms with Crippen molar-refractivity contribution < 1.29 is 14.7 Å². The first kappa shape index (κ1) is 35.4. The quantitative estimate of drug-likeness (QED) is 0.113. The predicted octanol–water partition coefficient (Wildman–Crippen LogP) is 3.94. The molecule has 3 atom stereocenters. The highest BCUT2D eigenvalue weighted by Gasteiger charge is 2.28. The summed E-state index contributed by atoms with van der Waals surface area (Å²) < 4.78 is 0. The number of carbonyl (C=O) groups excluding carboxylic acids is 2. The fourth-order valence-electron chi connectivity index (χ4n) is 5.28. The van der Waals surface area contributed by atoms with Crippen molar-refractivity contribution in [2.24, 2.45) is 17.4 Å². The first-order chi connectivity index (χ1) is 21.9. The van der Waals surface area contributed by atoms with Gasteiger partial charge in [-0.25, -0.2) is 0 Å². The lowest BCUT2D eigenvalue weighted by Gasteiger charge is -2.27. The average molecular weight is 612 g/mol. The number of aliphatic hydroxyl groups is 1. The number of aliphatic hydroxyl groups excluding tert-OH is 1. The molecule has 0 heterocycles. The van der Waals surface area contributed by atoms with Crippen LogP contribution in [0.5, 0.6) is 0 Å². The molecule has 8 N–H and O–H groups in total. The molecular weight excluding hydrogens is 562 g/mol. The Balaban J connectivity index is 0.000000707. The van der Waals surface area contributed by atoms with E-state index in [0.29, 0.717) is 24.9 Å². The number of rotatable bonds is 15. The van der Waals surface area contributed by atoms with E-state index < -0.39 is 18.1 Å². The van der Waals surface area contributed by atoms with Crippen molar-refractivity contribution in [1.29, 1.82) is 0 Å². The third-order valence-electron chi connectivity index (χ3n) is 7.82. The highest BCUT2D eigenvalue weighted by molar-refractivity contribution is 5.94. The van der Waals surface area contributed by atoms with Crippen LogP contribution < -0.4 is 27.4 Å². The molecule has 2 amide bonds. The Kier molecular flexibility index (Phi) is 15.2. The van der Waals surface area contributed by atoms with Gasteiger partial charge in [0.2, 0.25) is 5.91 Å². The zero-order chi connectivity index (χ0) is 32.4. The van der Waals surface area contributed by atoms with Gasteiger partial charge in [0.1, 0.15) is 0 Å². The fourth-order valence-corrected chi connectivity index (χ4v) is 5.28. The molecule has 0 aromatic heterocycles. The van der Waals surface area contributed by atoms with Gasteiger partial charge in [-0.15, -0.1) is 0 Å². The number of amides is 2. The molecule has 8 heteroatoms. The Hall–Kier alpha value is -4.08. The standard InChI is InChI=1S/C32H35N3O3.C5H14N2/c1-34-31(37)28(16-22-8-3-2-4-9-22)20-30(36)29(35-32(38)27-13-7-10-24(18-27)21-33)19-23-14-15-25-11-5-6-12-26(25)17-23;1-7-5-3-2-4-6/h2-15,17-18,28-30,36H,16,19-21,33H2,1H3,(H,34,37)(H,35,38);7H,2-6H2,1H3/t28?,29-,30?;/m1./s1. The Bertz CT molecular complexity index is 1460. The second kappa shape index (κ2) is 19.3. The van der Waals surface area contributed by atoms with E-state index in [9.17, 15) is 14.7 Å². The third-order valence-corrected chi connectivity index (χ3v) is 7.82. The fraction of sp³-hybridized carbons (Fsp3) is 0.351. The van der Waals surface area contributed by atoms with Crippen LogP contribution in [-0.2, 0) is 24.2 Å². The largest absolute Gasteiger partial charge is 0.391 e. The number of unbranched alkanes of at least 4 members (excludes halogenated alkanes) is 1. The second-order valence-corrected chi connectivity index (χ2v) is 11.3. The summed E-state index contributed by atoms with van der Waals surface area (Å²) in [5.74, 6) is -0.877. The lowest BCUT2D eigenvalue weighted by atomic mass is 9.88. The third kappa shape index (κ3) is 11.7. The number of nitrogens with one attached hydrogen (secondary N) is 3. The van der Waals surface area contributed by atoms with Crippen LogP contribution in [0.2, 0.25) is 0 Å². The van der Waals surface area contributed by atoms with Gasteiger partial charge in [0.25, 0.3) is 5.91 Å². The Morgan fingerprint density at radius 1 is 0.756 bits per heavy atom. The zero-order valence-corrected chi connectivity index (χ0v) is 26.5. The van der Waals surface area contributed by atoms with Crippen LogP contribution >= 0.6 is 0 Å². The molecule has 45 heavy (non-hydrogen) atoms. The van der Waals surface area contributed by atoms with E-state index in [2.05, 4.69) is 28.1 Å². The minimum Gasteiger partial charge on any atom is -0.391 e. The van der Waals surface area contributed by atoms with E-state index >= 15 is 0 Å². The molecule has 0 spiro atoms. The summed E-state index contributed by atoms with van der Waals surface area (Å²) in [6, 6.07) is 30.5. The maximum atomic E-state index is 13.3. The van der Waals surface area contributed by atoms with Gasteiger partial charge in [0, 0.05) is 25.1 Å². The van der Waals surface area contributed by atoms with Crippen LogP contribution in [0.15, 0.2) is 97.1 Å². The van der Waals surface area contributed by atoms with E-state index in [1.165, 1.54) is 6.42 Å². The van der Waals surface area contributed by atoms with E-state index in [-0.39, 0.29) is 18.2 Å². The van der Waals surface area contributed by atoms with Gasteiger partial charge in [0.15, 0.2) is 0 Å². The summed E-state index contributed by atoms with van der Waals surface area (Å²) in [5.41, 5.74) is 14.3. The van der Waals surface area contributed by atoms with Crippen molar-refractivity contribution >= 4 is 22.6 Å². The molecule has 4 aromatic rings.